The van der Waals surface area contributed by atoms with Gasteiger partial charge >= 0.3 is 0 Å². The van der Waals surface area contributed by atoms with E-state index in [1.807, 2.05) is 0 Å². The van der Waals surface area contributed by atoms with Crippen LogP contribution in [0.25, 0.3) is 0 Å². The fourth-order valence-electron chi connectivity index (χ4n) is 2.16. The maximum absolute atomic E-state index is 5.74. The van der Waals surface area contributed by atoms with E-state index in [0.717, 1.165) is 32.5 Å². The molecule has 1 unspecified atom stereocenters. The lowest BCUT2D eigenvalue weighted by Crippen LogP contribution is -2.31. The first-order valence-electron chi connectivity index (χ1n) is 7.16. The van der Waals surface area contributed by atoms with E-state index in [1.165, 1.54) is 17.5 Å². The van der Waals surface area contributed by atoms with Crippen molar-refractivity contribution in [2.45, 2.75) is 33.1 Å². The third-order valence-corrected chi connectivity index (χ3v) is 3.69. The molecule has 1 aromatic rings. The highest BCUT2D eigenvalue weighted by molar-refractivity contribution is 5.22. The van der Waals surface area contributed by atoms with Crippen molar-refractivity contribution in [2.24, 2.45) is 11.7 Å². The Morgan fingerprint density at radius 3 is 2.22 bits per heavy atom. The van der Waals surface area contributed by atoms with Crippen LogP contribution in [0.2, 0.25) is 0 Å². The van der Waals surface area contributed by atoms with Gasteiger partial charge in [0, 0.05) is 13.1 Å². The third kappa shape index (κ3) is 5.19. The molecule has 0 bridgehead atoms. The molecular formula is C16H28N2. The largest absolute Gasteiger partial charge is 0.330 e. The predicted octanol–water partition coefficient (Wildman–Crippen LogP) is 2.71. The Hall–Kier alpha value is -0.860. The van der Waals surface area contributed by atoms with Crippen LogP contribution in [0.1, 0.15) is 31.4 Å². The highest BCUT2D eigenvalue weighted by Gasteiger charge is 2.07. The van der Waals surface area contributed by atoms with Crippen LogP contribution in [-0.2, 0) is 12.8 Å². The molecule has 0 saturated heterocycles. The molecule has 0 heterocycles. The molecule has 0 fully saturated rings. The molecule has 0 aromatic heterocycles. The molecule has 2 nitrogen and oxygen atoms in total. The van der Waals surface area contributed by atoms with Gasteiger partial charge in [0.2, 0.25) is 0 Å². The van der Waals surface area contributed by atoms with E-state index >= 15 is 0 Å². The van der Waals surface area contributed by atoms with Gasteiger partial charge in [0.25, 0.3) is 0 Å². The molecule has 0 aliphatic carbocycles. The number of nitrogens with two attached hydrogens (primary N) is 1. The Labute approximate surface area is 112 Å². The van der Waals surface area contributed by atoms with E-state index in [1.54, 1.807) is 0 Å². The molecular weight excluding hydrogens is 220 g/mol. The van der Waals surface area contributed by atoms with Crippen LogP contribution in [0.5, 0.6) is 0 Å². The number of aryl methyl sites for hydroxylation is 1. The Kier molecular flexibility index (Phi) is 6.99. The number of hydrogen-bond donors (Lipinski definition) is 1. The number of rotatable bonds is 8. The summed E-state index contributed by atoms with van der Waals surface area (Å²) in [7, 11) is 2.19. The summed E-state index contributed by atoms with van der Waals surface area (Å²) in [6.45, 7) is 7.43. The molecule has 1 aromatic carbocycles. The lowest BCUT2D eigenvalue weighted by atomic mass is 10.1. The normalized spacial score (nSPS) is 12.9. The summed E-state index contributed by atoms with van der Waals surface area (Å²) >= 11 is 0. The van der Waals surface area contributed by atoms with E-state index in [4.69, 9.17) is 5.73 Å². The quantitative estimate of drug-likeness (QED) is 0.766. The molecule has 102 valence electrons. The van der Waals surface area contributed by atoms with Crippen molar-refractivity contribution in [2.75, 3.05) is 26.7 Å². The van der Waals surface area contributed by atoms with Crippen LogP contribution in [0.15, 0.2) is 24.3 Å². The minimum atomic E-state index is 0.637. The zero-order valence-corrected chi connectivity index (χ0v) is 12.2. The van der Waals surface area contributed by atoms with E-state index in [9.17, 15) is 0 Å². The standard InChI is InChI=1S/C16H28N2/c1-4-14-6-8-16(9-7-14)10-11-18(3)13-15(5-2)12-17/h6-9,15H,4-5,10-13,17H2,1-3H3. The van der Waals surface area contributed by atoms with Gasteiger partial charge in [0.15, 0.2) is 0 Å². The van der Waals surface area contributed by atoms with Crippen molar-refractivity contribution in [3.63, 3.8) is 0 Å². The SMILES string of the molecule is CCc1ccc(CCN(C)CC(CC)CN)cc1. The van der Waals surface area contributed by atoms with Gasteiger partial charge in [-0.3, -0.25) is 0 Å². The fraction of sp³-hybridized carbons (Fsp3) is 0.625. The summed E-state index contributed by atoms with van der Waals surface area (Å²) in [5.41, 5.74) is 8.59. The minimum Gasteiger partial charge on any atom is -0.330 e. The molecule has 0 spiro atoms. The van der Waals surface area contributed by atoms with Crippen molar-refractivity contribution in [1.82, 2.24) is 4.90 Å². The topological polar surface area (TPSA) is 29.3 Å². The maximum atomic E-state index is 5.74. The second-order valence-electron chi connectivity index (χ2n) is 5.19. The average Bonchev–Trinajstić information content (AvgIpc) is 2.43. The van der Waals surface area contributed by atoms with E-state index in [2.05, 4.69) is 50.1 Å². The molecule has 1 atom stereocenters. The molecule has 0 saturated carbocycles. The summed E-state index contributed by atoms with van der Waals surface area (Å²) in [5, 5.41) is 0. The molecule has 2 N–H and O–H groups in total. The third-order valence-electron chi connectivity index (χ3n) is 3.69. The van der Waals surface area contributed by atoms with Crippen LogP contribution in [0, 0.1) is 5.92 Å². The van der Waals surface area contributed by atoms with Crippen molar-refractivity contribution >= 4 is 0 Å². The molecule has 18 heavy (non-hydrogen) atoms. The molecule has 0 radical (unpaired) electrons. The van der Waals surface area contributed by atoms with Crippen molar-refractivity contribution < 1.29 is 0 Å². The summed E-state index contributed by atoms with van der Waals surface area (Å²) in [4.78, 5) is 2.40. The van der Waals surface area contributed by atoms with Crippen LogP contribution < -0.4 is 5.73 Å². The number of likely N-dealkylation sites (N-methyl/N-ethyl adjacent to an activating group) is 1. The molecule has 0 aliphatic rings. The first-order chi connectivity index (χ1) is 8.69. The van der Waals surface area contributed by atoms with Gasteiger partial charge in [-0.25, -0.2) is 0 Å². The fourth-order valence-corrected chi connectivity index (χ4v) is 2.16. The van der Waals surface area contributed by atoms with Crippen LogP contribution in [0.3, 0.4) is 0 Å². The second kappa shape index (κ2) is 8.28. The zero-order chi connectivity index (χ0) is 13.4. The van der Waals surface area contributed by atoms with Crippen LogP contribution in [0.4, 0.5) is 0 Å². The van der Waals surface area contributed by atoms with E-state index in [0.29, 0.717) is 5.92 Å². The number of benzene rings is 1. The highest BCUT2D eigenvalue weighted by Crippen LogP contribution is 2.07. The van der Waals surface area contributed by atoms with Crippen LogP contribution >= 0.6 is 0 Å². The Balaban J connectivity index is 2.34. The highest BCUT2D eigenvalue weighted by atomic mass is 15.1. The smallest absolute Gasteiger partial charge is 0.00189 e. The Morgan fingerprint density at radius 2 is 1.72 bits per heavy atom. The van der Waals surface area contributed by atoms with Crippen molar-refractivity contribution in [3.05, 3.63) is 35.4 Å². The van der Waals surface area contributed by atoms with Gasteiger partial charge < -0.3 is 10.6 Å². The van der Waals surface area contributed by atoms with Crippen LogP contribution in [-0.4, -0.2) is 31.6 Å². The van der Waals surface area contributed by atoms with Crippen molar-refractivity contribution in [1.29, 1.82) is 0 Å². The summed E-state index contributed by atoms with van der Waals surface area (Å²) in [6, 6.07) is 8.99. The Morgan fingerprint density at radius 1 is 1.11 bits per heavy atom. The predicted molar refractivity (Wildman–Crippen MR) is 79.9 cm³/mol. The summed E-state index contributed by atoms with van der Waals surface area (Å²) in [6.07, 6.45) is 3.42. The molecule has 0 amide bonds. The monoisotopic (exact) mass is 248 g/mol. The first-order valence-corrected chi connectivity index (χ1v) is 7.16. The maximum Gasteiger partial charge on any atom is 0.00189 e. The van der Waals surface area contributed by atoms with Crippen molar-refractivity contribution in [3.8, 4) is 0 Å². The van der Waals surface area contributed by atoms with E-state index in [-0.39, 0.29) is 0 Å². The zero-order valence-electron chi connectivity index (χ0n) is 12.2. The average molecular weight is 248 g/mol. The van der Waals surface area contributed by atoms with Gasteiger partial charge in [-0.15, -0.1) is 0 Å². The van der Waals surface area contributed by atoms with Gasteiger partial charge in [-0.2, -0.15) is 0 Å². The molecule has 1 rings (SSSR count). The van der Waals surface area contributed by atoms with Gasteiger partial charge in [-0.05, 0) is 43.5 Å². The molecule has 2 heteroatoms. The van der Waals surface area contributed by atoms with Gasteiger partial charge in [-0.1, -0.05) is 44.5 Å². The summed E-state index contributed by atoms with van der Waals surface area (Å²) in [5.74, 6) is 0.637. The lowest BCUT2D eigenvalue weighted by Gasteiger charge is -2.22. The first kappa shape index (κ1) is 15.2. The Bertz CT molecular complexity index is 314. The number of hydrogen-bond acceptors (Lipinski definition) is 2. The van der Waals surface area contributed by atoms with Gasteiger partial charge in [0.1, 0.15) is 0 Å². The minimum absolute atomic E-state index is 0.637. The summed E-state index contributed by atoms with van der Waals surface area (Å²) < 4.78 is 0. The molecule has 0 aliphatic heterocycles. The van der Waals surface area contributed by atoms with Gasteiger partial charge in [0.05, 0.1) is 0 Å². The number of nitrogens with zero attached hydrogens (tertiary/aromatic N) is 1. The second-order valence-corrected chi connectivity index (χ2v) is 5.19. The van der Waals surface area contributed by atoms with E-state index < -0.39 is 0 Å². The lowest BCUT2D eigenvalue weighted by molar-refractivity contribution is 0.277.